The lowest BCUT2D eigenvalue weighted by molar-refractivity contribution is 0.153. The topological polar surface area (TPSA) is 9.23 Å². The zero-order valence-electron chi connectivity index (χ0n) is 11.9. The van der Waals surface area contributed by atoms with E-state index in [2.05, 4.69) is 58.2 Å². The van der Waals surface area contributed by atoms with E-state index >= 15 is 0 Å². The summed E-state index contributed by atoms with van der Waals surface area (Å²) in [7, 11) is -1.60. The predicted octanol–water partition coefficient (Wildman–Crippen LogP) is 4.53. The van der Waals surface area contributed by atoms with Crippen LogP contribution >= 0.6 is 0 Å². The van der Waals surface area contributed by atoms with Crippen LogP contribution in [0.1, 0.15) is 33.6 Å². The molecule has 0 heterocycles. The van der Waals surface area contributed by atoms with Crippen LogP contribution in [0.4, 0.5) is 0 Å². The molecule has 0 aromatic rings. The van der Waals surface area contributed by atoms with E-state index in [1.807, 2.05) is 0 Å². The fourth-order valence-electron chi connectivity index (χ4n) is 2.60. The number of hydrogen-bond donors (Lipinski definition) is 0. The molecule has 0 saturated heterocycles. The molecule has 0 N–H and O–H groups in total. The van der Waals surface area contributed by atoms with E-state index in [0.717, 1.165) is 5.92 Å². The molecule has 0 bridgehead atoms. The zero-order valence-corrected chi connectivity index (χ0v) is 12.9. The van der Waals surface area contributed by atoms with Crippen LogP contribution in [0.2, 0.25) is 18.1 Å². The first kappa shape index (κ1) is 13.1. The summed E-state index contributed by atoms with van der Waals surface area (Å²) in [6, 6.07) is 0. The van der Waals surface area contributed by atoms with Crippen molar-refractivity contribution < 1.29 is 4.43 Å². The molecule has 0 aromatic heterocycles. The van der Waals surface area contributed by atoms with Gasteiger partial charge in [-0.1, -0.05) is 45.1 Å². The Morgan fingerprint density at radius 2 is 1.71 bits per heavy atom. The highest BCUT2D eigenvalue weighted by atomic mass is 28.4. The molecule has 3 unspecified atom stereocenters. The highest BCUT2D eigenvalue weighted by Crippen LogP contribution is 2.43. The summed E-state index contributed by atoms with van der Waals surface area (Å²) in [5.74, 6) is 1.36. The zero-order chi connectivity index (χ0) is 12.7. The third-order valence-electron chi connectivity index (χ3n) is 4.76. The molecule has 2 aliphatic carbocycles. The maximum absolute atomic E-state index is 6.59. The smallest absolute Gasteiger partial charge is 0.192 e. The first-order valence-corrected chi connectivity index (χ1v) is 9.75. The molecule has 2 heteroatoms. The first-order valence-electron chi connectivity index (χ1n) is 6.84. The second-order valence-corrected chi connectivity index (χ2v) is 11.8. The highest BCUT2D eigenvalue weighted by molar-refractivity contribution is 6.74. The van der Waals surface area contributed by atoms with Crippen LogP contribution in [0.3, 0.4) is 0 Å². The molecule has 17 heavy (non-hydrogen) atoms. The summed E-state index contributed by atoms with van der Waals surface area (Å²) in [6.07, 6.45) is 12.1. The Hall–Kier alpha value is -0.343. The first-order chi connectivity index (χ1) is 7.81. The van der Waals surface area contributed by atoms with Crippen LogP contribution in [-0.4, -0.2) is 14.4 Å². The minimum atomic E-state index is -1.60. The molecule has 3 atom stereocenters. The SMILES string of the molecule is CC(C)(C)[Si](C)(C)OC1CCC2C=CC=CC21. The summed E-state index contributed by atoms with van der Waals surface area (Å²) in [5, 5.41) is 0.319. The summed E-state index contributed by atoms with van der Waals surface area (Å²) >= 11 is 0. The molecule has 1 saturated carbocycles. The van der Waals surface area contributed by atoms with E-state index in [-0.39, 0.29) is 0 Å². The van der Waals surface area contributed by atoms with Crippen molar-refractivity contribution in [2.24, 2.45) is 11.8 Å². The van der Waals surface area contributed by atoms with Gasteiger partial charge in [0.05, 0.1) is 6.10 Å². The fourth-order valence-corrected chi connectivity index (χ4v) is 3.99. The normalized spacial score (nSPS) is 32.9. The van der Waals surface area contributed by atoms with E-state index < -0.39 is 8.32 Å². The Morgan fingerprint density at radius 1 is 1.06 bits per heavy atom. The lowest BCUT2D eigenvalue weighted by Gasteiger charge is -2.40. The predicted molar refractivity (Wildman–Crippen MR) is 76.6 cm³/mol. The van der Waals surface area contributed by atoms with Crippen molar-refractivity contribution in [3.8, 4) is 0 Å². The Bertz CT molecular complexity index is 335. The van der Waals surface area contributed by atoms with Gasteiger partial charge in [-0.2, -0.15) is 0 Å². The number of hydrogen-bond acceptors (Lipinski definition) is 1. The van der Waals surface area contributed by atoms with Gasteiger partial charge in [-0.25, -0.2) is 0 Å². The van der Waals surface area contributed by atoms with Gasteiger partial charge in [-0.15, -0.1) is 0 Å². The van der Waals surface area contributed by atoms with Gasteiger partial charge in [0.1, 0.15) is 0 Å². The van der Waals surface area contributed by atoms with Gasteiger partial charge in [0, 0.05) is 5.92 Å². The molecule has 2 aliphatic rings. The second kappa shape index (κ2) is 4.40. The van der Waals surface area contributed by atoms with E-state index in [4.69, 9.17) is 4.43 Å². The van der Waals surface area contributed by atoms with Crippen molar-refractivity contribution in [3.05, 3.63) is 24.3 Å². The van der Waals surface area contributed by atoms with Crippen LogP contribution in [0, 0.1) is 11.8 Å². The van der Waals surface area contributed by atoms with Crippen molar-refractivity contribution >= 4 is 8.32 Å². The molecule has 0 spiro atoms. The van der Waals surface area contributed by atoms with Crippen LogP contribution in [0.25, 0.3) is 0 Å². The number of fused-ring (bicyclic) bond motifs is 1. The average molecular weight is 250 g/mol. The lowest BCUT2D eigenvalue weighted by atomic mass is 9.91. The second-order valence-electron chi connectivity index (χ2n) is 7.00. The maximum Gasteiger partial charge on any atom is 0.192 e. The molecule has 96 valence electrons. The molecular formula is C15H26OSi. The van der Waals surface area contributed by atoms with Crippen LogP contribution < -0.4 is 0 Å². The van der Waals surface area contributed by atoms with Crippen molar-refractivity contribution in [1.29, 1.82) is 0 Å². The summed E-state index contributed by atoms with van der Waals surface area (Å²) in [4.78, 5) is 0. The largest absolute Gasteiger partial charge is 0.413 e. The van der Waals surface area contributed by atoms with Gasteiger partial charge in [-0.3, -0.25) is 0 Å². The molecule has 0 radical (unpaired) electrons. The van der Waals surface area contributed by atoms with Crippen molar-refractivity contribution in [2.45, 2.75) is 57.8 Å². The summed E-state index contributed by atoms with van der Waals surface area (Å²) < 4.78 is 6.59. The number of allylic oxidation sites excluding steroid dienone is 3. The summed E-state index contributed by atoms with van der Waals surface area (Å²) in [6.45, 7) is 11.7. The highest BCUT2D eigenvalue weighted by Gasteiger charge is 2.43. The third kappa shape index (κ3) is 2.58. The Labute approximate surface area is 107 Å². The average Bonchev–Trinajstić information content (AvgIpc) is 2.60. The van der Waals surface area contributed by atoms with Gasteiger partial charge < -0.3 is 4.43 Å². The standard InChI is InChI=1S/C15H26OSi/c1-15(2,3)17(4,5)16-14-11-10-12-8-6-7-9-13(12)14/h6-9,12-14H,10-11H2,1-5H3. The minimum Gasteiger partial charge on any atom is -0.413 e. The van der Waals surface area contributed by atoms with Gasteiger partial charge in [0.25, 0.3) is 0 Å². The quantitative estimate of drug-likeness (QED) is 0.654. The van der Waals surface area contributed by atoms with Gasteiger partial charge in [0.15, 0.2) is 8.32 Å². The molecule has 0 aromatic carbocycles. The van der Waals surface area contributed by atoms with E-state index in [9.17, 15) is 0 Å². The fraction of sp³-hybridized carbons (Fsp3) is 0.733. The van der Waals surface area contributed by atoms with Crippen molar-refractivity contribution in [2.75, 3.05) is 0 Å². The van der Waals surface area contributed by atoms with Gasteiger partial charge in [-0.05, 0) is 36.9 Å². The van der Waals surface area contributed by atoms with E-state index in [1.165, 1.54) is 12.8 Å². The van der Waals surface area contributed by atoms with E-state index in [1.54, 1.807) is 0 Å². The molecule has 2 rings (SSSR count). The lowest BCUT2D eigenvalue weighted by Crippen LogP contribution is -2.45. The molecule has 1 fully saturated rings. The van der Waals surface area contributed by atoms with Crippen molar-refractivity contribution in [1.82, 2.24) is 0 Å². The Morgan fingerprint density at radius 3 is 2.35 bits per heavy atom. The van der Waals surface area contributed by atoms with E-state index in [0.29, 0.717) is 17.1 Å². The summed E-state index contributed by atoms with van der Waals surface area (Å²) in [5.41, 5.74) is 0. The van der Waals surface area contributed by atoms with Crippen LogP contribution in [-0.2, 0) is 4.43 Å². The molecule has 1 nitrogen and oxygen atoms in total. The van der Waals surface area contributed by atoms with Crippen LogP contribution in [0.15, 0.2) is 24.3 Å². The molecule has 0 aliphatic heterocycles. The van der Waals surface area contributed by atoms with Gasteiger partial charge in [0.2, 0.25) is 0 Å². The van der Waals surface area contributed by atoms with Gasteiger partial charge >= 0.3 is 0 Å². The Kier molecular flexibility index (Phi) is 3.39. The minimum absolute atomic E-state index is 0.319. The van der Waals surface area contributed by atoms with Crippen LogP contribution in [0.5, 0.6) is 0 Å². The number of rotatable bonds is 2. The monoisotopic (exact) mass is 250 g/mol. The molecule has 0 amide bonds. The van der Waals surface area contributed by atoms with Crippen molar-refractivity contribution in [3.63, 3.8) is 0 Å². The molecular weight excluding hydrogens is 224 g/mol. The third-order valence-corrected chi connectivity index (χ3v) is 9.27. The maximum atomic E-state index is 6.59. The Balaban J connectivity index is 2.06.